The standard InChI is InChI=1S/C14H20FNO/c1-3-4-9(2)14-8-12(16)11-7-10(15)5-6-13(11)17-14/h5-7,9,12,14H,3-4,8,16H2,1-2H3. The third kappa shape index (κ3) is 2.60. The fourth-order valence-electron chi connectivity index (χ4n) is 2.49. The van der Waals surface area contributed by atoms with Crippen LogP contribution in [0.25, 0.3) is 0 Å². The summed E-state index contributed by atoms with van der Waals surface area (Å²) in [5.41, 5.74) is 6.89. The van der Waals surface area contributed by atoms with Crippen molar-refractivity contribution < 1.29 is 9.13 Å². The van der Waals surface area contributed by atoms with Crippen LogP contribution in [-0.4, -0.2) is 6.10 Å². The van der Waals surface area contributed by atoms with Gasteiger partial charge in [0.25, 0.3) is 0 Å². The molecule has 0 radical (unpaired) electrons. The summed E-state index contributed by atoms with van der Waals surface area (Å²) >= 11 is 0. The van der Waals surface area contributed by atoms with E-state index < -0.39 is 0 Å². The van der Waals surface area contributed by atoms with E-state index in [0.29, 0.717) is 5.92 Å². The molecule has 0 saturated carbocycles. The zero-order valence-corrected chi connectivity index (χ0v) is 10.4. The van der Waals surface area contributed by atoms with Crippen LogP contribution in [0.1, 0.15) is 44.7 Å². The van der Waals surface area contributed by atoms with Crippen LogP contribution in [0.3, 0.4) is 0 Å². The van der Waals surface area contributed by atoms with Crippen LogP contribution in [0.5, 0.6) is 5.75 Å². The van der Waals surface area contributed by atoms with Gasteiger partial charge in [0.1, 0.15) is 17.7 Å². The zero-order valence-electron chi connectivity index (χ0n) is 10.4. The van der Waals surface area contributed by atoms with E-state index in [2.05, 4.69) is 13.8 Å². The van der Waals surface area contributed by atoms with Crippen LogP contribution in [0.4, 0.5) is 4.39 Å². The molecule has 2 rings (SSSR count). The zero-order chi connectivity index (χ0) is 12.4. The van der Waals surface area contributed by atoms with E-state index >= 15 is 0 Å². The van der Waals surface area contributed by atoms with Gasteiger partial charge in [0, 0.05) is 18.0 Å². The second-order valence-corrected chi connectivity index (χ2v) is 4.95. The van der Waals surface area contributed by atoms with Crippen molar-refractivity contribution in [3.8, 4) is 5.75 Å². The quantitative estimate of drug-likeness (QED) is 0.874. The van der Waals surface area contributed by atoms with Crippen molar-refractivity contribution in [3.63, 3.8) is 0 Å². The maximum absolute atomic E-state index is 13.1. The molecular formula is C14H20FNO. The lowest BCUT2D eigenvalue weighted by Crippen LogP contribution is -2.34. The monoisotopic (exact) mass is 237 g/mol. The molecule has 1 aromatic rings. The summed E-state index contributed by atoms with van der Waals surface area (Å²) in [5, 5.41) is 0. The number of fused-ring (bicyclic) bond motifs is 1. The maximum Gasteiger partial charge on any atom is 0.124 e. The summed E-state index contributed by atoms with van der Waals surface area (Å²) < 4.78 is 19.1. The highest BCUT2D eigenvalue weighted by molar-refractivity contribution is 5.38. The Hall–Kier alpha value is -1.09. The SMILES string of the molecule is CCCC(C)C1CC(N)c2cc(F)ccc2O1. The summed E-state index contributed by atoms with van der Waals surface area (Å²) in [7, 11) is 0. The van der Waals surface area contributed by atoms with Gasteiger partial charge in [-0.1, -0.05) is 20.3 Å². The third-order valence-corrected chi connectivity index (χ3v) is 3.51. The molecule has 2 N–H and O–H groups in total. The molecule has 17 heavy (non-hydrogen) atoms. The second-order valence-electron chi connectivity index (χ2n) is 4.95. The molecule has 0 spiro atoms. The van der Waals surface area contributed by atoms with Crippen LogP contribution < -0.4 is 10.5 Å². The minimum absolute atomic E-state index is 0.112. The van der Waals surface area contributed by atoms with Crippen molar-refractivity contribution in [1.82, 2.24) is 0 Å². The van der Waals surface area contributed by atoms with Gasteiger partial charge in [-0.05, 0) is 30.5 Å². The fourth-order valence-corrected chi connectivity index (χ4v) is 2.49. The molecule has 0 saturated heterocycles. The Morgan fingerprint density at radius 3 is 3.00 bits per heavy atom. The normalized spacial score (nSPS) is 24.9. The molecule has 3 heteroatoms. The van der Waals surface area contributed by atoms with Crippen molar-refractivity contribution in [2.75, 3.05) is 0 Å². The largest absolute Gasteiger partial charge is 0.490 e. The van der Waals surface area contributed by atoms with Gasteiger partial charge < -0.3 is 10.5 Å². The summed E-state index contributed by atoms with van der Waals surface area (Å²) in [4.78, 5) is 0. The molecule has 1 heterocycles. The third-order valence-electron chi connectivity index (χ3n) is 3.51. The van der Waals surface area contributed by atoms with E-state index in [0.717, 1.165) is 30.6 Å². The fraction of sp³-hybridized carbons (Fsp3) is 0.571. The first kappa shape index (κ1) is 12.4. The van der Waals surface area contributed by atoms with Gasteiger partial charge in [-0.25, -0.2) is 4.39 Å². The van der Waals surface area contributed by atoms with Crippen LogP contribution >= 0.6 is 0 Å². The Morgan fingerprint density at radius 1 is 1.53 bits per heavy atom. The number of hydrogen-bond donors (Lipinski definition) is 1. The molecule has 0 bridgehead atoms. The van der Waals surface area contributed by atoms with Crippen molar-refractivity contribution in [3.05, 3.63) is 29.6 Å². The summed E-state index contributed by atoms with van der Waals surface area (Å²) in [6, 6.07) is 4.49. The van der Waals surface area contributed by atoms with E-state index in [-0.39, 0.29) is 18.0 Å². The van der Waals surface area contributed by atoms with Crippen LogP contribution in [0.15, 0.2) is 18.2 Å². The molecule has 0 fully saturated rings. The van der Waals surface area contributed by atoms with Crippen molar-refractivity contribution >= 4 is 0 Å². The lowest BCUT2D eigenvalue weighted by Gasteiger charge is -2.33. The van der Waals surface area contributed by atoms with Crippen LogP contribution in [0.2, 0.25) is 0 Å². The van der Waals surface area contributed by atoms with Gasteiger partial charge in [-0.3, -0.25) is 0 Å². The number of nitrogens with two attached hydrogens (primary N) is 1. The van der Waals surface area contributed by atoms with E-state index in [1.807, 2.05) is 0 Å². The Labute approximate surface area is 102 Å². The van der Waals surface area contributed by atoms with Gasteiger partial charge in [-0.15, -0.1) is 0 Å². The molecule has 94 valence electrons. The van der Waals surface area contributed by atoms with Crippen LogP contribution in [0, 0.1) is 11.7 Å². The second kappa shape index (κ2) is 5.05. The minimum Gasteiger partial charge on any atom is -0.490 e. The molecule has 1 aromatic carbocycles. The first-order chi connectivity index (χ1) is 8.11. The van der Waals surface area contributed by atoms with E-state index in [4.69, 9.17) is 10.5 Å². The highest BCUT2D eigenvalue weighted by Crippen LogP contribution is 2.36. The number of ether oxygens (including phenoxy) is 1. The average molecular weight is 237 g/mol. The highest BCUT2D eigenvalue weighted by atomic mass is 19.1. The molecule has 3 unspecified atom stereocenters. The van der Waals surface area contributed by atoms with Crippen molar-refractivity contribution in [2.24, 2.45) is 11.7 Å². The summed E-state index contributed by atoms with van der Waals surface area (Å²) in [6.45, 7) is 4.36. The van der Waals surface area contributed by atoms with Gasteiger partial charge in [-0.2, -0.15) is 0 Å². The lowest BCUT2D eigenvalue weighted by molar-refractivity contribution is 0.102. The Morgan fingerprint density at radius 2 is 2.29 bits per heavy atom. The Balaban J connectivity index is 2.18. The molecule has 3 atom stereocenters. The summed E-state index contributed by atoms with van der Waals surface area (Å²) in [5.74, 6) is 0.991. The minimum atomic E-state index is -0.247. The first-order valence-electron chi connectivity index (χ1n) is 6.33. The summed E-state index contributed by atoms with van der Waals surface area (Å²) in [6.07, 6.45) is 3.21. The van der Waals surface area contributed by atoms with Crippen molar-refractivity contribution in [1.29, 1.82) is 0 Å². The lowest BCUT2D eigenvalue weighted by atomic mass is 9.89. The molecule has 0 amide bonds. The van der Waals surface area contributed by atoms with Gasteiger partial charge in [0.15, 0.2) is 0 Å². The van der Waals surface area contributed by atoms with E-state index in [1.54, 1.807) is 6.07 Å². The van der Waals surface area contributed by atoms with Gasteiger partial charge in [0.2, 0.25) is 0 Å². The average Bonchev–Trinajstić information content (AvgIpc) is 2.30. The van der Waals surface area contributed by atoms with E-state index in [1.165, 1.54) is 12.1 Å². The first-order valence-corrected chi connectivity index (χ1v) is 6.33. The van der Waals surface area contributed by atoms with Gasteiger partial charge in [0.05, 0.1) is 0 Å². The number of benzene rings is 1. The Kier molecular flexibility index (Phi) is 3.67. The molecule has 2 nitrogen and oxygen atoms in total. The predicted octanol–water partition coefficient (Wildman–Crippen LogP) is 3.41. The molecular weight excluding hydrogens is 217 g/mol. The molecule has 0 aliphatic carbocycles. The van der Waals surface area contributed by atoms with Crippen molar-refractivity contribution in [2.45, 2.75) is 45.3 Å². The smallest absolute Gasteiger partial charge is 0.124 e. The van der Waals surface area contributed by atoms with Crippen LogP contribution in [-0.2, 0) is 0 Å². The number of hydrogen-bond acceptors (Lipinski definition) is 2. The topological polar surface area (TPSA) is 35.2 Å². The van der Waals surface area contributed by atoms with Gasteiger partial charge >= 0.3 is 0 Å². The molecule has 1 aliphatic heterocycles. The predicted molar refractivity (Wildman–Crippen MR) is 66.4 cm³/mol. The number of halogens is 1. The molecule has 1 aliphatic rings. The highest BCUT2D eigenvalue weighted by Gasteiger charge is 2.29. The van der Waals surface area contributed by atoms with E-state index in [9.17, 15) is 4.39 Å². The maximum atomic E-state index is 13.1. The Bertz CT molecular complexity index is 394. The molecule has 0 aromatic heterocycles. The number of rotatable bonds is 3.